The Morgan fingerprint density at radius 2 is 1.83 bits per heavy atom. The van der Waals surface area contributed by atoms with Crippen LogP contribution in [0, 0.1) is 0 Å². The van der Waals surface area contributed by atoms with Crippen LogP contribution in [0.5, 0.6) is 11.5 Å². The average molecular weight is 358 g/mol. The molecule has 7 nitrogen and oxygen atoms in total. The summed E-state index contributed by atoms with van der Waals surface area (Å²) in [6.07, 6.45) is 2.48. The summed E-state index contributed by atoms with van der Waals surface area (Å²) in [6, 6.07) is 6.54. The second-order valence-corrected chi connectivity index (χ2v) is 6.77. The first-order valence-corrected chi connectivity index (χ1v) is 8.71. The second-order valence-electron chi connectivity index (χ2n) is 4.62. The molecule has 0 radical (unpaired) electrons. The minimum absolute atomic E-state index is 0.374. The van der Waals surface area contributed by atoms with Crippen LogP contribution in [0.4, 0.5) is 17.2 Å². The van der Waals surface area contributed by atoms with Gasteiger partial charge in [0.25, 0.3) is 0 Å². The molecule has 2 N–H and O–H groups in total. The number of hydrogen-bond acceptors (Lipinski definition) is 6. The molecule has 0 amide bonds. The van der Waals surface area contributed by atoms with E-state index in [0.717, 1.165) is 6.26 Å². The van der Waals surface area contributed by atoms with Gasteiger partial charge in [0.1, 0.15) is 17.3 Å². The third kappa shape index (κ3) is 4.64. The zero-order valence-electron chi connectivity index (χ0n) is 12.8. The van der Waals surface area contributed by atoms with Crippen LogP contribution >= 0.6 is 11.6 Å². The van der Waals surface area contributed by atoms with E-state index in [1.54, 1.807) is 24.3 Å². The van der Waals surface area contributed by atoms with Gasteiger partial charge in [0, 0.05) is 12.1 Å². The molecule has 0 aliphatic heterocycles. The molecule has 23 heavy (non-hydrogen) atoms. The number of anilines is 3. The Balaban J connectivity index is 2.25. The van der Waals surface area contributed by atoms with Gasteiger partial charge in [-0.2, -0.15) is 0 Å². The summed E-state index contributed by atoms with van der Waals surface area (Å²) in [5.41, 5.74) is 0.990. The molecule has 1 aromatic heterocycles. The smallest absolute Gasteiger partial charge is 0.229 e. The van der Waals surface area contributed by atoms with Crippen LogP contribution in [0.2, 0.25) is 5.02 Å². The van der Waals surface area contributed by atoms with E-state index in [2.05, 4.69) is 15.0 Å². The fourth-order valence-corrected chi connectivity index (χ4v) is 2.62. The van der Waals surface area contributed by atoms with Crippen molar-refractivity contribution in [2.24, 2.45) is 0 Å². The van der Waals surface area contributed by atoms with E-state index in [-0.39, 0.29) is 0 Å². The number of methoxy groups -OCH3 is 2. The third-order valence-corrected chi connectivity index (χ3v) is 3.71. The number of hydrogen-bond donors (Lipinski definition) is 2. The van der Waals surface area contributed by atoms with Gasteiger partial charge in [0.15, 0.2) is 0 Å². The topological polar surface area (TPSA) is 89.6 Å². The highest BCUT2D eigenvalue weighted by molar-refractivity contribution is 7.92. The van der Waals surface area contributed by atoms with Gasteiger partial charge in [-0.1, -0.05) is 11.6 Å². The summed E-state index contributed by atoms with van der Waals surface area (Å²) in [5, 5.41) is 3.49. The highest BCUT2D eigenvalue weighted by atomic mass is 35.5. The maximum Gasteiger partial charge on any atom is 0.229 e. The van der Waals surface area contributed by atoms with Gasteiger partial charge in [0.05, 0.1) is 43.1 Å². The molecule has 2 aromatic rings. The van der Waals surface area contributed by atoms with E-state index < -0.39 is 10.0 Å². The van der Waals surface area contributed by atoms with Crippen LogP contribution in [-0.4, -0.2) is 33.9 Å². The van der Waals surface area contributed by atoms with Crippen LogP contribution in [0.25, 0.3) is 0 Å². The molecule has 0 saturated carbocycles. The highest BCUT2D eigenvalue weighted by Gasteiger charge is 2.11. The van der Waals surface area contributed by atoms with Gasteiger partial charge in [-0.25, -0.2) is 13.4 Å². The van der Waals surface area contributed by atoms with E-state index in [0.29, 0.717) is 33.7 Å². The monoisotopic (exact) mass is 357 g/mol. The van der Waals surface area contributed by atoms with Crippen LogP contribution in [0.15, 0.2) is 30.5 Å². The van der Waals surface area contributed by atoms with Crippen molar-refractivity contribution in [1.29, 1.82) is 0 Å². The first kappa shape index (κ1) is 17.2. The molecule has 0 bridgehead atoms. The number of rotatable bonds is 6. The Labute approximate surface area is 139 Å². The fraction of sp³-hybridized carbons (Fsp3) is 0.214. The molecule has 124 valence electrons. The van der Waals surface area contributed by atoms with Crippen molar-refractivity contribution in [3.05, 3.63) is 35.5 Å². The lowest BCUT2D eigenvalue weighted by atomic mass is 10.2. The van der Waals surface area contributed by atoms with Crippen molar-refractivity contribution in [3.63, 3.8) is 0 Å². The quantitative estimate of drug-likeness (QED) is 0.826. The Kier molecular flexibility index (Phi) is 5.17. The Hall–Kier alpha value is -2.19. The molecule has 1 heterocycles. The predicted molar refractivity (Wildman–Crippen MR) is 90.5 cm³/mol. The summed E-state index contributed by atoms with van der Waals surface area (Å²) in [5.74, 6) is 1.52. The van der Waals surface area contributed by atoms with Gasteiger partial charge in [-0.15, -0.1) is 0 Å². The lowest BCUT2D eigenvalue weighted by Gasteiger charge is -2.13. The molecule has 9 heteroatoms. The van der Waals surface area contributed by atoms with Crippen LogP contribution in [0.3, 0.4) is 0 Å². The maximum absolute atomic E-state index is 11.2. The molecule has 2 rings (SSSR count). The normalized spacial score (nSPS) is 11.0. The lowest BCUT2D eigenvalue weighted by molar-refractivity contribution is 0.405. The molecular formula is C14H16ClN3O4S. The predicted octanol–water partition coefficient (Wildman–Crippen LogP) is 2.87. The molecule has 0 aliphatic carbocycles. The molecular weight excluding hydrogens is 342 g/mol. The number of halogens is 1. The zero-order chi connectivity index (χ0) is 17.0. The molecule has 0 spiro atoms. The van der Waals surface area contributed by atoms with Crippen LogP contribution in [0.1, 0.15) is 0 Å². The summed E-state index contributed by atoms with van der Waals surface area (Å²) in [6.45, 7) is 0. The molecule has 0 aliphatic rings. The van der Waals surface area contributed by atoms with E-state index in [1.165, 1.54) is 20.4 Å². The molecule has 0 unspecified atom stereocenters. The first-order valence-electron chi connectivity index (χ1n) is 6.45. The zero-order valence-corrected chi connectivity index (χ0v) is 14.3. The van der Waals surface area contributed by atoms with Crippen LogP contribution < -0.4 is 19.5 Å². The summed E-state index contributed by atoms with van der Waals surface area (Å²) >= 11 is 6.05. The van der Waals surface area contributed by atoms with Gasteiger partial charge >= 0.3 is 0 Å². The number of sulfonamides is 1. The average Bonchev–Trinajstić information content (AvgIpc) is 2.49. The summed E-state index contributed by atoms with van der Waals surface area (Å²) in [4.78, 5) is 4.14. The van der Waals surface area contributed by atoms with E-state index in [1.807, 2.05) is 0 Å². The lowest BCUT2D eigenvalue weighted by Crippen LogP contribution is -2.09. The standard InChI is InChI=1S/C14H16ClN3O4S/c1-21-12-7-11(13(22-2)6-10(12)15)17-14-5-4-9(8-16-14)18-23(3,19)20/h4-8,18H,1-3H3,(H,16,17). The van der Waals surface area contributed by atoms with Gasteiger partial charge in [0.2, 0.25) is 10.0 Å². The number of ether oxygens (including phenoxy) is 2. The number of benzene rings is 1. The molecule has 1 aromatic carbocycles. The van der Waals surface area contributed by atoms with Gasteiger partial charge in [-0.05, 0) is 12.1 Å². The van der Waals surface area contributed by atoms with Crippen molar-refractivity contribution in [2.75, 3.05) is 30.5 Å². The van der Waals surface area contributed by atoms with E-state index >= 15 is 0 Å². The highest BCUT2D eigenvalue weighted by Crippen LogP contribution is 2.37. The molecule has 0 saturated heterocycles. The van der Waals surface area contributed by atoms with E-state index in [4.69, 9.17) is 21.1 Å². The first-order chi connectivity index (χ1) is 10.8. The Bertz CT molecular complexity index is 794. The largest absolute Gasteiger partial charge is 0.495 e. The van der Waals surface area contributed by atoms with Crippen molar-refractivity contribution in [3.8, 4) is 11.5 Å². The minimum Gasteiger partial charge on any atom is -0.495 e. The summed E-state index contributed by atoms with van der Waals surface area (Å²) in [7, 11) is -0.296. The minimum atomic E-state index is -3.33. The fourth-order valence-electron chi connectivity index (χ4n) is 1.84. The van der Waals surface area contributed by atoms with Crippen molar-refractivity contribution < 1.29 is 17.9 Å². The molecule has 0 atom stereocenters. The van der Waals surface area contributed by atoms with E-state index in [9.17, 15) is 8.42 Å². The second kappa shape index (κ2) is 6.93. The number of nitrogens with one attached hydrogen (secondary N) is 2. The van der Waals surface area contributed by atoms with Crippen molar-refractivity contribution in [1.82, 2.24) is 4.98 Å². The number of aromatic nitrogens is 1. The summed E-state index contributed by atoms with van der Waals surface area (Å²) < 4.78 is 35.1. The number of pyridine rings is 1. The number of nitrogens with zero attached hydrogens (tertiary/aromatic N) is 1. The van der Waals surface area contributed by atoms with Gasteiger partial charge < -0.3 is 14.8 Å². The van der Waals surface area contributed by atoms with Gasteiger partial charge in [-0.3, -0.25) is 4.72 Å². The van der Waals surface area contributed by atoms with Crippen molar-refractivity contribution in [2.45, 2.75) is 0 Å². The van der Waals surface area contributed by atoms with Crippen LogP contribution in [-0.2, 0) is 10.0 Å². The van der Waals surface area contributed by atoms with Crippen molar-refractivity contribution >= 4 is 38.8 Å². The third-order valence-electron chi connectivity index (χ3n) is 2.80. The molecule has 0 fully saturated rings. The Morgan fingerprint density at radius 3 is 2.35 bits per heavy atom. The SMILES string of the molecule is COc1cc(Nc2ccc(NS(C)(=O)=O)cn2)c(OC)cc1Cl. The Morgan fingerprint density at radius 1 is 1.13 bits per heavy atom. The maximum atomic E-state index is 11.2.